The van der Waals surface area contributed by atoms with E-state index >= 15 is 0 Å². The van der Waals surface area contributed by atoms with Crippen molar-refractivity contribution in [1.82, 2.24) is 4.90 Å². The van der Waals surface area contributed by atoms with Gasteiger partial charge in [-0.05, 0) is 36.1 Å². The zero-order chi connectivity index (χ0) is 19.3. The molecule has 5 heteroatoms. The highest BCUT2D eigenvalue weighted by Crippen LogP contribution is 2.27. The molecule has 1 aliphatic rings. The highest BCUT2D eigenvalue weighted by molar-refractivity contribution is 5.81. The lowest BCUT2D eigenvalue weighted by atomic mass is 9.85. The molecular formula is C22H26FNO3. The molecule has 0 radical (unpaired) electrons. The molecule has 1 N–H and O–H groups in total. The number of amides is 1. The lowest BCUT2D eigenvalue weighted by Crippen LogP contribution is -2.51. The normalized spacial score (nSPS) is 17.5. The molecule has 0 saturated carbocycles. The van der Waals surface area contributed by atoms with E-state index in [1.807, 2.05) is 36.4 Å². The van der Waals surface area contributed by atoms with E-state index < -0.39 is 11.7 Å². The second kappa shape index (κ2) is 8.63. The molecule has 3 rings (SSSR count). The van der Waals surface area contributed by atoms with Gasteiger partial charge in [0.1, 0.15) is 11.9 Å². The average molecular weight is 371 g/mol. The summed E-state index contributed by atoms with van der Waals surface area (Å²) in [4.78, 5) is 14.6. The van der Waals surface area contributed by atoms with E-state index in [1.165, 1.54) is 12.1 Å². The van der Waals surface area contributed by atoms with Crippen LogP contribution < -0.4 is 0 Å². The van der Waals surface area contributed by atoms with Gasteiger partial charge in [0.2, 0.25) is 0 Å². The maximum absolute atomic E-state index is 13.4. The second-order valence-corrected chi connectivity index (χ2v) is 7.27. The molecule has 0 bridgehead atoms. The van der Waals surface area contributed by atoms with Crippen LogP contribution in [0, 0.1) is 5.82 Å². The van der Waals surface area contributed by atoms with E-state index in [1.54, 1.807) is 18.1 Å². The van der Waals surface area contributed by atoms with Gasteiger partial charge in [0.15, 0.2) is 0 Å². The fourth-order valence-electron chi connectivity index (χ4n) is 3.65. The van der Waals surface area contributed by atoms with Crippen molar-refractivity contribution in [2.24, 2.45) is 0 Å². The minimum absolute atomic E-state index is 0.0471. The van der Waals surface area contributed by atoms with Crippen LogP contribution >= 0.6 is 0 Å². The highest BCUT2D eigenvalue weighted by Gasteiger charge is 2.36. The van der Waals surface area contributed by atoms with Crippen LogP contribution in [0.25, 0.3) is 0 Å². The van der Waals surface area contributed by atoms with Crippen molar-refractivity contribution in [2.75, 3.05) is 20.2 Å². The molecule has 1 heterocycles. The van der Waals surface area contributed by atoms with Gasteiger partial charge in [-0.25, -0.2) is 4.39 Å². The van der Waals surface area contributed by atoms with Gasteiger partial charge in [-0.15, -0.1) is 0 Å². The first-order valence-electron chi connectivity index (χ1n) is 9.31. The molecule has 4 nitrogen and oxygen atoms in total. The number of ether oxygens (including phenoxy) is 1. The summed E-state index contributed by atoms with van der Waals surface area (Å²) in [6.45, 7) is 0.943. The Morgan fingerprint density at radius 1 is 1.15 bits per heavy atom. The van der Waals surface area contributed by atoms with Crippen LogP contribution in [-0.2, 0) is 22.4 Å². The van der Waals surface area contributed by atoms with Crippen LogP contribution in [0.4, 0.5) is 4.39 Å². The molecule has 1 unspecified atom stereocenters. The van der Waals surface area contributed by atoms with Crippen LogP contribution in [-0.4, -0.2) is 47.8 Å². The Bertz CT molecular complexity index is 757. The van der Waals surface area contributed by atoms with E-state index in [2.05, 4.69) is 0 Å². The third kappa shape index (κ3) is 5.15. The van der Waals surface area contributed by atoms with E-state index in [9.17, 15) is 14.3 Å². The maximum atomic E-state index is 13.4. The first-order chi connectivity index (χ1) is 13.0. The number of methoxy groups -OCH3 is 1. The molecular weight excluding hydrogens is 345 g/mol. The van der Waals surface area contributed by atoms with Crippen molar-refractivity contribution < 1.29 is 19.0 Å². The Morgan fingerprint density at radius 2 is 1.81 bits per heavy atom. The molecule has 0 spiro atoms. The van der Waals surface area contributed by atoms with Gasteiger partial charge in [-0.1, -0.05) is 42.5 Å². The summed E-state index contributed by atoms with van der Waals surface area (Å²) < 4.78 is 18.8. The van der Waals surface area contributed by atoms with Crippen molar-refractivity contribution in [3.8, 4) is 0 Å². The molecule has 1 amide bonds. The number of piperidine rings is 1. The fourth-order valence-corrected chi connectivity index (χ4v) is 3.65. The van der Waals surface area contributed by atoms with Gasteiger partial charge < -0.3 is 14.7 Å². The first kappa shape index (κ1) is 19.5. The van der Waals surface area contributed by atoms with Crippen LogP contribution in [0.5, 0.6) is 0 Å². The summed E-state index contributed by atoms with van der Waals surface area (Å²) in [7, 11) is 1.55. The van der Waals surface area contributed by atoms with Gasteiger partial charge in [0, 0.05) is 33.0 Å². The summed E-state index contributed by atoms with van der Waals surface area (Å²) in [5.74, 6) is -0.346. The van der Waals surface area contributed by atoms with Crippen LogP contribution in [0.3, 0.4) is 0 Å². The zero-order valence-electron chi connectivity index (χ0n) is 15.6. The average Bonchev–Trinajstić information content (AvgIpc) is 2.67. The predicted octanol–water partition coefficient (Wildman–Crippen LogP) is 2.98. The number of likely N-dealkylation sites (tertiary alicyclic amines) is 1. The smallest absolute Gasteiger partial charge is 0.252 e. The zero-order valence-corrected chi connectivity index (χ0v) is 15.6. The number of carbonyl (C=O) groups is 1. The summed E-state index contributed by atoms with van der Waals surface area (Å²) in [6.07, 6.45) is 1.33. The Labute approximate surface area is 159 Å². The number of nitrogens with zero attached hydrogens (tertiary/aromatic N) is 1. The van der Waals surface area contributed by atoms with Crippen molar-refractivity contribution in [3.63, 3.8) is 0 Å². The van der Waals surface area contributed by atoms with Gasteiger partial charge in [0.25, 0.3) is 5.91 Å². The molecule has 1 atom stereocenters. The Hall–Kier alpha value is -2.24. The second-order valence-electron chi connectivity index (χ2n) is 7.27. The third-order valence-electron chi connectivity index (χ3n) is 5.25. The number of carbonyl (C=O) groups excluding carboxylic acids is 1. The molecule has 0 aromatic heterocycles. The minimum Gasteiger partial charge on any atom is -0.389 e. The summed E-state index contributed by atoms with van der Waals surface area (Å²) >= 11 is 0. The Morgan fingerprint density at radius 3 is 2.44 bits per heavy atom. The molecule has 1 fully saturated rings. The number of hydrogen-bond acceptors (Lipinski definition) is 3. The summed E-state index contributed by atoms with van der Waals surface area (Å²) in [5.41, 5.74) is 0.917. The van der Waals surface area contributed by atoms with Gasteiger partial charge in [-0.2, -0.15) is 0 Å². The van der Waals surface area contributed by atoms with Crippen LogP contribution in [0.2, 0.25) is 0 Å². The van der Waals surface area contributed by atoms with Crippen LogP contribution in [0.1, 0.15) is 24.0 Å². The van der Waals surface area contributed by atoms with Crippen molar-refractivity contribution in [3.05, 3.63) is 71.5 Å². The molecule has 2 aromatic rings. The SMILES string of the molecule is COC(Cc1ccccc1)C(=O)N1CCC(O)(Cc2cccc(F)c2)CC1. The standard InChI is InChI=1S/C22H26FNO3/c1-27-20(15-17-6-3-2-4-7-17)21(25)24-12-10-22(26,11-13-24)16-18-8-5-9-19(23)14-18/h2-9,14,20,26H,10-13,15-16H2,1H3. The number of hydrogen-bond donors (Lipinski definition) is 1. The largest absolute Gasteiger partial charge is 0.389 e. The van der Waals surface area contributed by atoms with Gasteiger partial charge >= 0.3 is 0 Å². The topological polar surface area (TPSA) is 49.8 Å². The van der Waals surface area contributed by atoms with Gasteiger partial charge in [-0.3, -0.25) is 4.79 Å². The minimum atomic E-state index is -0.910. The Balaban J connectivity index is 1.57. The molecule has 2 aromatic carbocycles. The molecule has 144 valence electrons. The monoisotopic (exact) mass is 371 g/mol. The summed E-state index contributed by atoms with van der Waals surface area (Å²) in [5, 5.41) is 10.9. The molecule has 0 aliphatic carbocycles. The quantitative estimate of drug-likeness (QED) is 0.849. The van der Waals surface area contributed by atoms with E-state index in [-0.39, 0.29) is 11.7 Å². The molecule has 1 aliphatic heterocycles. The number of benzene rings is 2. The van der Waals surface area contributed by atoms with Crippen molar-refractivity contribution in [1.29, 1.82) is 0 Å². The lowest BCUT2D eigenvalue weighted by molar-refractivity contribution is -0.146. The third-order valence-corrected chi connectivity index (χ3v) is 5.25. The highest BCUT2D eigenvalue weighted by atomic mass is 19.1. The number of halogens is 1. The maximum Gasteiger partial charge on any atom is 0.252 e. The lowest BCUT2D eigenvalue weighted by Gasteiger charge is -2.39. The van der Waals surface area contributed by atoms with E-state index in [0.29, 0.717) is 38.8 Å². The van der Waals surface area contributed by atoms with Crippen LogP contribution in [0.15, 0.2) is 54.6 Å². The predicted molar refractivity (Wildman–Crippen MR) is 102 cm³/mol. The van der Waals surface area contributed by atoms with E-state index in [0.717, 1.165) is 11.1 Å². The number of aliphatic hydroxyl groups is 1. The first-order valence-corrected chi connectivity index (χ1v) is 9.31. The fraction of sp³-hybridized carbons (Fsp3) is 0.409. The Kier molecular flexibility index (Phi) is 6.24. The van der Waals surface area contributed by atoms with Gasteiger partial charge in [0.05, 0.1) is 5.60 Å². The van der Waals surface area contributed by atoms with Crippen molar-refractivity contribution >= 4 is 5.91 Å². The summed E-state index contributed by atoms with van der Waals surface area (Å²) in [6, 6.07) is 16.1. The number of rotatable bonds is 6. The van der Waals surface area contributed by atoms with E-state index in [4.69, 9.17) is 4.74 Å². The molecule has 1 saturated heterocycles. The molecule has 27 heavy (non-hydrogen) atoms. The van der Waals surface area contributed by atoms with Crippen molar-refractivity contribution in [2.45, 2.75) is 37.4 Å².